The lowest BCUT2D eigenvalue weighted by Gasteiger charge is -2.58. The third-order valence-electron chi connectivity index (χ3n) is 16.9. The van der Waals surface area contributed by atoms with Crippen LogP contribution in [-0.4, -0.2) is 134 Å². The number of carbonyl (C=O) groups excluding carboxylic acids is 3. The van der Waals surface area contributed by atoms with Gasteiger partial charge in [-0.1, -0.05) is 45.9 Å². The number of ether oxygens (including phenoxy) is 5. The van der Waals surface area contributed by atoms with Crippen LogP contribution in [-0.2, 0) is 57.1 Å². The van der Waals surface area contributed by atoms with E-state index in [-0.39, 0.29) is 12.0 Å². The molecule has 14 nitrogen and oxygen atoms in total. The van der Waals surface area contributed by atoms with Gasteiger partial charge in [0.1, 0.15) is 11.2 Å². The number of H-pyrrole nitrogens is 1. The fourth-order valence-corrected chi connectivity index (χ4v) is 14.4. The monoisotopic (exact) mass is 879 g/mol. The number of methoxy groups -OCH3 is 3. The zero-order valence-electron chi connectivity index (χ0n) is 38.9. The molecule has 6 aliphatic heterocycles. The molecule has 0 radical (unpaired) electrons. The van der Waals surface area contributed by atoms with Gasteiger partial charge >= 0.3 is 17.9 Å². The smallest absolute Gasteiger partial charge is 0.347 e. The number of aromatic nitrogens is 1. The standard InChI is InChI=1S/C50H65N5O9/c1-10-45(59)24-32-25-47(43(57)61-8,40-33(15-19-54(27-32)28-45)34-21-31(26-51-29(3)4)13-14-37(34)52-40)36-22-35-38(23-39(36)60-7)53(6)50-48(35)17-20-55-18-12-16-46(11-2,41(48)55)42(63-30(5)56)49(50,64-50)44(58)62-9/h12-14,16,21-23,29,32,41-42,51-52,59H,10-11,15,17-20,24-28H2,1-9H3/t32-,41+,42-,45+,46-,47+,48-,49+,50+/m1/s1. The number of hydrogen-bond acceptors (Lipinski definition) is 13. The number of esters is 3. The molecule has 4 fully saturated rings. The molecule has 10 rings (SSSR count). The number of nitrogens with zero attached hydrogens (tertiary/aromatic N) is 3. The fraction of sp³-hybridized carbons (Fsp3) is 0.620. The number of epoxide rings is 1. The molecule has 1 unspecified atom stereocenters. The number of piperidine rings is 1. The van der Waals surface area contributed by atoms with Gasteiger partial charge in [-0.2, -0.15) is 0 Å². The molecule has 3 N–H and O–H groups in total. The van der Waals surface area contributed by atoms with Gasteiger partial charge in [0, 0.05) is 98.1 Å². The summed E-state index contributed by atoms with van der Waals surface area (Å²) < 4.78 is 31.7. The van der Waals surface area contributed by atoms with Gasteiger partial charge in [-0.25, -0.2) is 4.79 Å². The predicted molar refractivity (Wildman–Crippen MR) is 240 cm³/mol. The summed E-state index contributed by atoms with van der Waals surface area (Å²) in [6, 6.07) is 10.7. The molecule has 3 saturated heterocycles. The molecule has 1 aliphatic carbocycles. The van der Waals surface area contributed by atoms with E-state index in [4.69, 9.17) is 23.7 Å². The van der Waals surface area contributed by atoms with Crippen molar-refractivity contribution < 1.29 is 43.2 Å². The Morgan fingerprint density at radius 3 is 2.48 bits per heavy atom. The van der Waals surface area contributed by atoms with Gasteiger partial charge in [-0.3, -0.25) is 19.4 Å². The van der Waals surface area contributed by atoms with E-state index in [0.29, 0.717) is 95.1 Å². The van der Waals surface area contributed by atoms with Gasteiger partial charge in [0.2, 0.25) is 0 Å². The lowest BCUT2D eigenvalue weighted by atomic mass is 9.49. The molecular formula is C50H65N5O9. The lowest BCUT2D eigenvalue weighted by Crippen LogP contribution is -2.75. The molecule has 14 heteroatoms. The molecule has 3 aromatic rings. The average Bonchev–Trinajstić information content (AvgIpc) is 3.53. The fourth-order valence-electron chi connectivity index (χ4n) is 14.4. The number of anilines is 1. The highest BCUT2D eigenvalue weighted by molar-refractivity contribution is 5.96. The minimum absolute atomic E-state index is 0.0952. The third-order valence-corrected chi connectivity index (χ3v) is 16.9. The van der Waals surface area contributed by atoms with Gasteiger partial charge in [-0.15, -0.1) is 0 Å². The van der Waals surface area contributed by atoms with Crippen molar-refractivity contribution in [3.05, 3.63) is 70.4 Å². The molecule has 7 aliphatic rings. The van der Waals surface area contributed by atoms with Crippen molar-refractivity contribution in [2.75, 3.05) is 66.0 Å². The molecule has 7 heterocycles. The van der Waals surface area contributed by atoms with Crippen molar-refractivity contribution >= 4 is 34.5 Å². The van der Waals surface area contributed by atoms with Crippen molar-refractivity contribution in [3.8, 4) is 5.75 Å². The van der Waals surface area contributed by atoms with Gasteiger partial charge < -0.3 is 44.0 Å². The van der Waals surface area contributed by atoms with Crippen molar-refractivity contribution in [2.45, 2.75) is 126 Å². The molecule has 64 heavy (non-hydrogen) atoms. The molecule has 2 aromatic carbocycles. The van der Waals surface area contributed by atoms with E-state index in [1.165, 1.54) is 21.1 Å². The van der Waals surface area contributed by atoms with Gasteiger partial charge in [-0.05, 0) is 85.9 Å². The Morgan fingerprint density at radius 2 is 1.80 bits per heavy atom. The van der Waals surface area contributed by atoms with E-state index in [1.54, 1.807) is 7.11 Å². The minimum atomic E-state index is -1.67. The van der Waals surface area contributed by atoms with Crippen LogP contribution >= 0.6 is 0 Å². The Kier molecular flexibility index (Phi) is 10.0. The normalized spacial score (nSPS) is 36.8. The van der Waals surface area contributed by atoms with Crippen molar-refractivity contribution in [2.24, 2.45) is 11.3 Å². The number of nitrogens with one attached hydrogen (secondary N) is 2. The highest BCUT2D eigenvalue weighted by Crippen LogP contribution is 2.80. The second-order valence-electron chi connectivity index (χ2n) is 20.2. The zero-order chi connectivity index (χ0) is 45.4. The molecule has 1 saturated carbocycles. The van der Waals surface area contributed by atoms with Crippen LogP contribution in [0.1, 0.15) is 94.7 Å². The Balaban J connectivity index is 1.27. The van der Waals surface area contributed by atoms with E-state index in [2.05, 4.69) is 82.2 Å². The van der Waals surface area contributed by atoms with Crippen molar-refractivity contribution in [3.63, 3.8) is 0 Å². The summed E-state index contributed by atoms with van der Waals surface area (Å²) in [5, 5.41) is 16.8. The van der Waals surface area contributed by atoms with Gasteiger partial charge in [0.25, 0.3) is 5.60 Å². The van der Waals surface area contributed by atoms with Crippen LogP contribution in [0.4, 0.5) is 5.69 Å². The first-order chi connectivity index (χ1) is 30.6. The molecule has 1 aromatic heterocycles. The second kappa shape index (κ2) is 14.8. The van der Waals surface area contributed by atoms with E-state index < -0.39 is 57.2 Å². The number of likely N-dealkylation sites (N-methyl/N-ethyl adjacent to an activating group) is 1. The van der Waals surface area contributed by atoms with E-state index >= 15 is 4.79 Å². The zero-order valence-corrected chi connectivity index (χ0v) is 38.9. The molecule has 2 spiro atoms. The van der Waals surface area contributed by atoms with Crippen LogP contribution in [0.25, 0.3) is 10.9 Å². The Hall–Kier alpha value is -4.47. The number of aliphatic hydroxyl groups is 1. The van der Waals surface area contributed by atoms with E-state index in [1.807, 2.05) is 20.0 Å². The summed E-state index contributed by atoms with van der Waals surface area (Å²) in [6.07, 6.45) is 6.59. The SMILES string of the molecule is CC[C@]1(O)C[C@H]2CN(CCc3c([nH]c4ccc(CNC(C)C)cc34)[C@@](C(=O)OC)(c3cc4c(cc3OC)N(C)[C@@]35O[C@]3(C(=O)OC)[C@H](OC(C)=O)[C@]3(CC)C=CCN6CC[C@]45[C@@H]63)C2)C1. The van der Waals surface area contributed by atoms with Crippen molar-refractivity contribution in [1.82, 2.24) is 20.1 Å². The Labute approximate surface area is 375 Å². The van der Waals surface area contributed by atoms with Gasteiger partial charge in [0.05, 0.1) is 32.3 Å². The lowest BCUT2D eigenvalue weighted by molar-refractivity contribution is -0.178. The second-order valence-corrected chi connectivity index (χ2v) is 20.2. The van der Waals surface area contributed by atoms with E-state index in [0.717, 1.165) is 39.0 Å². The topological polar surface area (TPSA) is 158 Å². The first-order valence-corrected chi connectivity index (χ1v) is 23.3. The largest absolute Gasteiger partial charge is 0.496 e. The number of benzene rings is 2. The van der Waals surface area contributed by atoms with E-state index in [9.17, 15) is 14.7 Å². The van der Waals surface area contributed by atoms with Crippen LogP contribution in [0.5, 0.6) is 5.75 Å². The first-order valence-electron chi connectivity index (χ1n) is 23.3. The van der Waals surface area contributed by atoms with Crippen LogP contribution in [0, 0.1) is 11.3 Å². The number of aromatic amines is 1. The summed E-state index contributed by atoms with van der Waals surface area (Å²) in [6.45, 7) is 13.9. The van der Waals surface area contributed by atoms with Crippen LogP contribution < -0.4 is 15.0 Å². The third kappa shape index (κ3) is 5.40. The summed E-state index contributed by atoms with van der Waals surface area (Å²) in [7, 11) is 6.41. The summed E-state index contributed by atoms with van der Waals surface area (Å²) in [4.78, 5) is 54.1. The summed E-state index contributed by atoms with van der Waals surface area (Å²) in [5.74, 6) is -1.11. The maximum Gasteiger partial charge on any atom is 0.347 e. The first kappa shape index (κ1) is 43.4. The molecule has 344 valence electrons. The minimum Gasteiger partial charge on any atom is -0.496 e. The van der Waals surface area contributed by atoms with Gasteiger partial charge in [0.15, 0.2) is 11.8 Å². The Morgan fingerprint density at radius 1 is 1.02 bits per heavy atom. The quantitative estimate of drug-likeness (QED) is 0.110. The molecule has 10 atom stereocenters. The van der Waals surface area contributed by atoms with Crippen LogP contribution in [0.3, 0.4) is 0 Å². The highest BCUT2D eigenvalue weighted by Gasteiger charge is 2.98. The van der Waals surface area contributed by atoms with Crippen LogP contribution in [0.15, 0.2) is 42.5 Å². The maximum atomic E-state index is 15.6. The Bertz CT molecular complexity index is 2470. The van der Waals surface area contributed by atoms with Crippen molar-refractivity contribution in [1.29, 1.82) is 0 Å². The molecular weight excluding hydrogens is 815 g/mol. The summed E-state index contributed by atoms with van der Waals surface area (Å²) in [5.41, 5.74) is -0.714. The summed E-state index contributed by atoms with van der Waals surface area (Å²) >= 11 is 0. The maximum absolute atomic E-state index is 15.6. The van der Waals surface area contributed by atoms with Crippen LogP contribution in [0.2, 0.25) is 0 Å². The number of fused-ring (bicyclic) bond motifs is 6. The highest BCUT2D eigenvalue weighted by atomic mass is 16.7. The molecule has 0 amide bonds. The number of rotatable bonds is 10. The molecule has 2 bridgehead atoms. The predicted octanol–water partition coefficient (Wildman–Crippen LogP) is 4.85. The average molecular weight is 880 g/mol. The number of hydrogen-bond donors (Lipinski definition) is 3. The number of carbonyl (C=O) groups is 3.